The summed E-state index contributed by atoms with van der Waals surface area (Å²) in [5.41, 5.74) is 1.00. The lowest BCUT2D eigenvalue weighted by Gasteiger charge is -2.15. The highest BCUT2D eigenvalue weighted by Crippen LogP contribution is 2.29. The van der Waals surface area contributed by atoms with Crippen LogP contribution in [-0.4, -0.2) is 40.8 Å². The van der Waals surface area contributed by atoms with E-state index < -0.39 is 10.0 Å². The van der Waals surface area contributed by atoms with E-state index in [2.05, 4.69) is 42.6 Å². The van der Waals surface area contributed by atoms with Crippen LogP contribution in [-0.2, 0) is 10.0 Å². The third-order valence-corrected chi connectivity index (χ3v) is 7.22. The molecule has 0 aliphatic carbocycles. The molecule has 0 aromatic carbocycles. The molecule has 6 nitrogen and oxygen atoms in total. The highest BCUT2D eigenvalue weighted by molar-refractivity contribution is 7.99. The smallest absolute Gasteiger partial charge is 0.244 e. The Morgan fingerprint density at radius 1 is 1.00 bits per heavy atom. The Hall–Kier alpha value is -1.51. The van der Waals surface area contributed by atoms with Crippen molar-refractivity contribution in [3.05, 3.63) is 35.9 Å². The zero-order chi connectivity index (χ0) is 19.6. The Balaban J connectivity index is 1.82. The molecule has 0 saturated carbocycles. The number of aromatic nitrogens is 3. The summed E-state index contributed by atoms with van der Waals surface area (Å²) in [6.45, 7) is 9.55. The first-order chi connectivity index (χ1) is 12.8. The second-order valence-corrected chi connectivity index (χ2v) is 10.3. The van der Waals surface area contributed by atoms with Gasteiger partial charge in [0.1, 0.15) is 20.8 Å². The van der Waals surface area contributed by atoms with E-state index in [1.165, 1.54) is 22.3 Å². The van der Waals surface area contributed by atoms with Gasteiger partial charge in [0.05, 0.1) is 0 Å². The number of hydrogen-bond donors (Lipinski definition) is 0. The molecule has 3 rings (SSSR count). The second kappa shape index (κ2) is 8.24. The Bertz CT molecular complexity index is 864. The summed E-state index contributed by atoms with van der Waals surface area (Å²) in [6.07, 6.45) is 3.29. The van der Waals surface area contributed by atoms with E-state index in [1.807, 2.05) is 6.07 Å². The zero-order valence-corrected chi connectivity index (χ0v) is 17.8. The molecule has 2 aromatic heterocycles. The Morgan fingerprint density at radius 3 is 2.26 bits per heavy atom. The zero-order valence-electron chi connectivity index (χ0n) is 16.2. The quantitative estimate of drug-likeness (QED) is 0.674. The Labute approximate surface area is 165 Å². The van der Waals surface area contributed by atoms with Crippen molar-refractivity contribution in [2.24, 2.45) is 0 Å². The summed E-state index contributed by atoms with van der Waals surface area (Å²) in [7, 11) is -3.43. The molecule has 1 saturated heterocycles. The molecule has 8 heteroatoms. The first kappa shape index (κ1) is 20.2. The number of rotatable bonds is 6. The van der Waals surface area contributed by atoms with Crippen molar-refractivity contribution in [2.45, 2.75) is 67.3 Å². The van der Waals surface area contributed by atoms with Crippen LogP contribution in [0.2, 0.25) is 0 Å². The minimum absolute atomic E-state index is 0.240. The van der Waals surface area contributed by atoms with Gasteiger partial charge in [-0.1, -0.05) is 27.7 Å². The summed E-state index contributed by atoms with van der Waals surface area (Å²) >= 11 is 1.43. The van der Waals surface area contributed by atoms with Gasteiger partial charge in [-0.05, 0) is 48.7 Å². The molecule has 0 bridgehead atoms. The molecule has 0 unspecified atom stereocenters. The lowest BCUT2D eigenvalue weighted by molar-refractivity contribution is 0.477. The fraction of sp³-hybridized carbons (Fsp3) is 0.526. The highest BCUT2D eigenvalue weighted by atomic mass is 32.2. The van der Waals surface area contributed by atoms with Crippen LogP contribution in [0.4, 0.5) is 0 Å². The topological polar surface area (TPSA) is 76.1 Å². The molecule has 2 aromatic rings. The lowest BCUT2D eigenvalue weighted by atomic mass is 10.1. The van der Waals surface area contributed by atoms with Gasteiger partial charge in [-0.15, -0.1) is 0 Å². The molecule has 0 amide bonds. The molecule has 3 heterocycles. The lowest BCUT2D eigenvalue weighted by Crippen LogP contribution is -2.27. The van der Waals surface area contributed by atoms with E-state index in [-0.39, 0.29) is 10.8 Å². The first-order valence-electron chi connectivity index (χ1n) is 9.30. The van der Waals surface area contributed by atoms with Crippen molar-refractivity contribution in [3.63, 3.8) is 0 Å². The van der Waals surface area contributed by atoms with Crippen LogP contribution >= 0.6 is 11.8 Å². The molecule has 0 N–H and O–H groups in total. The normalized spacial score (nSPS) is 15.8. The van der Waals surface area contributed by atoms with Crippen molar-refractivity contribution in [3.8, 4) is 0 Å². The van der Waals surface area contributed by atoms with Gasteiger partial charge >= 0.3 is 0 Å². The van der Waals surface area contributed by atoms with Crippen LogP contribution in [0.15, 0.2) is 39.3 Å². The maximum Gasteiger partial charge on any atom is 0.244 e. The predicted molar refractivity (Wildman–Crippen MR) is 107 cm³/mol. The molecule has 0 radical (unpaired) electrons. The first-order valence-corrected chi connectivity index (χ1v) is 11.6. The molecule has 27 heavy (non-hydrogen) atoms. The van der Waals surface area contributed by atoms with E-state index in [9.17, 15) is 8.42 Å². The number of pyridine rings is 1. The van der Waals surface area contributed by atoms with Gasteiger partial charge in [-0.25, -0.2) is 23.4 Å². The third-order valence-electron chi connectivity index (χ3n) is 4.47. The summed E-state index contributed by atoms with van der Waals surface area (Å²) in [4.78, 5) is 13.9. The average Bonchev–Trinajstić information content (AvgIpc) is 3.17. The van der Waals surface area contributed by atoms with Crippen LogP contribution in [0.5, 0.6) is 0 Å². The molecular formula is C19H26N4O2S2. The van der Waals surface area contributed by atoms with Crippen LogP contribution < -0.4 is 0 Å². The second-order valence-electron chi connectivity index (χ2n) is 7.34. The minimum atomic E-state index is -3.43. The maximum absolute atomic E-state index is 12.6. The molecule has 1 aliphatic rings. The number of hydrogen-bond acceptors (Lipinski definition) is 6. The van der Waals surface area contributed by atoms with Gasteiger partial charge in [0, 0.05) is 30.9 Å². The summed E-state index contributed by atoms with van der Waals surface area (Å²) in [6, 6.07) is 5.37. The van der Waals surface area contributed by atoms with E-state index >= 15 is 0 Å². The highest BCUT2D eigenvalue weighted by Gasteiger charge is 2.27. The standard InChI is InChI=1S/C19H26N4O2S2/c1-13(2)16-11-18(22-19(21-16)14(3)4)26-17-8-7-15(12-20-17)27(24,25)23-9-5-6-10-23/h7-8,11-14H,5-6,9-10H2,1-4H3. The van der Waals surface area contributed by atoms with Crippen LogP contribution in [0.1, 0.15) is 63.9 Å². The van der Waals surface area contributed by atoms with E-state index in [4.69, 9.17) is 0 Å². The molecule has 146 valence electrons. The Morgan fingerprint density at radius 2 is 1.70 bits per heavy atom. The van der Waals surface area contributed by atoms with Crippen molar-refractivity contribution < 1.29 is 8.42 Å². The summed E-state index contributed by atoms with van der Waals surface area (Å²) in [5, 5.41) is 1.55. The van der Waals surface area contributed by atoms with Crippen molar-refractivity contribution >= 4 is 21.8 Å². The van der Waals surface area contributed by atoms with Gasteiger partial charge in [-0.3, -0.25) is 0 Å². The van der Waals surface area contributed by atoms with Crippen molar-refractivity contribution in [2.75, 3.05) is 13.1 Å². The SMILES string of the molecule is CC(C)c1cc(Sc2ccc(S(=O)(=O)N3CCCC3)cn2)nc(C(C)C)n1. The van der Waals surface area contributed by atoms with Gasteiger partial charge in [0.2, 0.25) is 10.0 Å². The third kappa shape index (κ3) is 4.67. The van der Waals surface area contributed by atoms with Gasteiger partial charge in [0.15, 0.2) is 0 Å². The average molecular weight is 407 g/mol. The number of sulfonamides is 1. The summed E-state index contributed by atoms with van der Waals surface area (Å²) < 4.78 is 26.7. The van der Waals surface area contributed by atoms with E-state index in [0.717, 1.165) is 34.4 Å². The molecule has 1 fully saturated rings. The van der Waals surface area contributed by atoms with Crippen molar-refractivity contribution in [1.29, 1.82) is 0 Å². The largest absolute Gasteiger partial charge is 0.248 e. The van der Waals surface area contributed by atoms with Crippen LogP contribution in [0.25, 0.3) is 0 Å². The monoisotopic (exact) mass is 406 g/mol. The van der Waals surface area contributed by atoms with Crippen molar-refractivity contribution in [1.82, 2.24) is 19.3 Å². The summed E-state index contributed by atoms with van der Waals surface area (Å²) in [5.74, 6) is 1.37. The van der Waals surface area contributed by atoms with Gasteiger partial charge in [-0.2, -0.15) is 4.31 Å². The maximum atomic E-state index is 12.6. The minimum Gasteiger partial charge on any atom is -0.248 e. The molecule has 0 atom stereocenters. The van der Waals surface area contributed by atoms with E-state index in [1.54, 1.807) is 12.1 Å². The predicted octanol–water partition coefficient (Wildman–Crippen LogP) is 4.05. The fourth-order valence-corrected chi connectivity index (χ4v) is 5.07. The molecule has 0 spiro atoms. The van der Waals surface area contributed by atoms with E-state index in [0.29, 0.717) is 19.0 Å². The fourth-order valence-electron chi connectivity index (χ4n) is 2.83. The van der Waals surface area contributed by atoms with Crippen LogP contribution in [0, 0.1) is 0 Å². The number of nitrogens with zero attached hydrogens (tertiary/aromatic N) is 4. The van der Waals surface area contributed by atoms with Gasteiger partial charge in [0.25, 0.3) is 0 Å². The molecule has 1 aliphatic heterocycles. The molecular weight excluding hydrogens is 380 g/mol. The van der Waals surface area contributed by atoms with Crippen LogP contribution in [0.3, 0.4) is 0 Å². The Kier molecular flexibility index (Phi) is 6.18. The van der Waals surface area contributed by atoms with Gasteiger partial charge < -0.3 is 0 Å².